The summed E-state index contributed by atoms with van der Waals surface area (Å²) in [6, 6.07) is 15.3. The fourth-order valence-corrected chi connectivity index (χ4v) is 6.31. The second-order valence-corrected chi connectivity index (χ2v) is 12.0. The van der Waals surface area contributed by atoms with E-state index in [1.807, 2.05) is 44.2 Å². The first kappa shape index (κ1) is 29.4. The van der Waals surface area contributed by atoms with Gasteiger partial charge in [0, 0.05) is 10.3 Å². The van der Waals surface area contributed by atoms with Gasteiger partial charge in [0.05, 0.1) is 13.2 Å². The minimum atomic E-state index is -4.12. The molecule has 0 aliphatic carbocycles. The predicted molar refractivity (Wildman–Crippen MR) is 155 cm³/mol. The van der Waals surface area contributed by atoms with E-state index in [0.29, 0.717) is 15.6 Å². The number of nitrogens with two attached hydrogens (primary N) is 1. The van der Waals surface area contributed by atoms with Crippen LogP contribution in [-0.4, -0.2) is 33.2 Å². The molecule has 0 amide bonds. The van der Waals surface area contributed by atoms with Gasteiger partial charge in [-0.15, -0.1) is 11.3 Å². The number of thiophene rings is 1. The molecule has 4 aromatic rings. The minimum Gasteiger partial charge on any atom is -0.464 e. The zero-order valence-corrected chi connectivity index (χ0v) is 24.2. The van der Waals surface area contributed by atoms with Gasteiger partial charge >= 0.3 is 19.4 Å². The quantitative estimate of drug-likeness (QED) is 0.161. The summed E-state index contributed by atoms with van der Waals surface area (Å²) in [6.45, 7) is 5.78. The minimum absolute atomic E-state index is 0.119. The van der Waals surface area contributed by atoms with Gasteiger partial charge in [0.1, 0.15) is 23.1 Å². The highest BCUT2D eigenvalue weighted by Crippen LogP contribution is 2.47. The van der Waals surface area contributed by atoms with E-state index in [0.717, 1.165) is 23.6 Å². The Morgan fingerprint density at radius 1 is 1.12 bits per heavy atom. The number of nitrogen functional groups attached to an aromatic ring is 1. The van der Waals surface area contributed by atoms with E-state index >= 15 is 0 Å². The fourth-order valence-electron chi connectivity index (χ4n) is 3.85. The lowest BCUT2D eigenvalue weighted by atomic mass is 10.1. The van der Waals surface area contributed by atoms with E-state index in [2.05, 4.69) is 15.1 Å². The first-order chi connectivity index (χ1) is 19.2. The van der Waals surface area contributed by atoms with E-state index in [-0.39, 0.29) is 25.1 Å². The summed E-state index contributed by atoms with van der Waals surface area (Å²) < 4.78 is 32.6. The second kappa shape index (κ2) is 13.2. The summed E-state index contributed by atoms with van der Waals surface area (Å²) >= 11 is 1.22. The fraction of sp³-hybridized carbons (Fsp3) is 0.333. The Kier molecular flexibility index (Phi) is 9.70. The van der Waals surface area contributed by atoms with Crippen molar-refractivity contribution in [3.05, 3.63) is 76.3 Å². The Morgan fingerprint density at radius 2 is 1.88 bits per heavy atom. The third-order valence-corrected chi connectivity index (χ3v) is 8.94. The summed E-state index contributed by atoms with van der Waals surface area (Å²) in [5.74, 6) is -0.0907. The van der Waals surface area contributed by atoms with Crippen LogP contribution in [-0.2, 0) is 25.2 Å². The number of carbonyl (C=O) groups is 1. The molecule has 0 aliphatic rings. The van der Waals surface area contributed by atoms with Crippen LogP contribution in [0.25, 0.3) is 15.8 Å². The molecule has 2 aromatic carbocycles. The lowest BCUT2D eigenvalue weighted by Gasteiger charge is -2.23. The molecule has 0 radical (unpaired) electrons. The molecule has 1 unspecified atom stereocenters. The van der Waals surface area contributed by atoms with E-state index in [1.165, 1.54) is 22.2 Å². The third kappa shape index (κ3) is 7.33. The smallest absolute Gasteiger partial charge is 0.459 e. The summed E-state index contributed by atoms with van der Waals surface area (Å²) in [4.78, 5) is 33.1. The molecular formula is C27H32N5O6PS. The van der Waals surface area contributed by atoms with Crippen molar-refractivity contribution in [3.8, 4) is 10.8 Å². The number of hydrogen-bond donors (Lipinski definition) is 2. The van der Waals surface area contributed by atoms with Gasteiger partial charge in [-0.3, -0.25) is 9.32 Å². The molecule has 2 heterocycles. The molecule has 0 saturated heterocycles. The van der Waals surface area contributed by atoms with Gasteiger partial charge in [-0.2, -0.15) is 10.1 Å². The number of anilines is 1. The van der Waals surface area contributed by atoms with Gasteiger partial charge in [0.15, 0.2) is 0 Å². The summed E-state index contributed by atoms with van der Waals surface area (Å²) in [7, 11) is -4.12. The molecule has 2 aromatic heterocycles. The maximum Gasteiger partial charge on any atom is 0.459 e. The molecule has 0 fully saturated rings. The average molecular weight is 586 g/mol. The summed E-state index contributed by atoms with van der Waals surface area (Å²) in [5.41, 5.74) is 4.90. The summed E-state index contributed by atoms with van der Waals surface area (Å²) in [5, 5.41) is 4.90. The number of benzene rings is 2. The number of aromatic nitrogens is 3. The van der Waals surface area contributed by atoms with Crippen LogP contribution in [0.3, 0.4) is 0 Å². The van der Waals surface area contributed by atoms with E-state index in [4.69, 9.17) is 19.5 Å². The van der Waals surface area contributed by atoms with Crippen LogP contribution in [0.4, 0.5) is 5.95 Å². The topological polar surface area (TPSA) is 148 Å². The number of ether oxygens (including phenoxy) is 1. The highest BCUT2D eigenvalue weighted by Gasteiger charge is 2.33. The Balaban J connectivity index is 1.55. The third-order valence-electron chi connectivity index (χ3n) is 6.27. The van der Waals surface area contributed by atoms with Crippen molar-refractivity contribution in [3.63, 3.8) is 0 Å². The first-order valence-corrected chi connectivity index (χ1v) is 15.2. The van der Waals surface area contributed by atoms with Gasteiger partial charge in [-0.05, 0) is 36.4 Å². The molecule has 11 nitrogen and oxygen atoms in total. The molecule has 0 bridgehead atoms. The molecule has 2 atom stereocenters. The molecule has 3 N–H and O–H groups in total. The lowest BCUT2D eigenvalue weighted by Crippen LogP contribution is -2.35. The molecule has 0 saturated carbocycles. The van der Waals surface area contributed by atoms with Gasteiger partial charge < -0.3 is 15.0 Å². The maximum atomic E-state index is 14.1. The number of fused-ring (bicyclic) bond motifs is 1. The van der Waals surface area contributed by atoms with Crippen molar-refractivity contribution >= 4 is 41.8 Å². The zero-order valence-electron chi connectivity index (χ0n) is 22.5. The highest BCUT2D eigenvalue weighted by molar-refractivity contribution is 7.52. The Bertz CT molecular complexity index is 1570. The van der Waals surface area contributed by atoms with E-state index < -0.39 is 25.4 Å². The number of esters is 1. The Morgan fingerprint density at radius 3 is 2.62 bits per heavy atom. The van der Waals surface area contributed by atoms with Crippen LogP contribution in [0.5, 0.6) is 5.75 Å². The maximum absolute atomic E-state index is 14.1. The van der Waals surface area contributed by atoms with Gasteiger partial charge in [0.25, 0.3) is 0 Å². The van der Waals surface area contributed by atoms with Crippen molar-refractivity contribution in [2.75, 3.05) is 12.3 Å². The van der Waals surface area contributed by atoms with Crippen molar-refractivity contribution in [1.29, 1.82) is 0 Å². The second-order valence-electron chi connectivity index (χ2n) is 9.11. The molecule has 212 valence electrons. The monoisotopic (exact) mass is 585 g/mol. The number of carbonyl (C=O) groups excluding carboxylic acids is 1. The van der Waals surface area contributed by atoms with Crippen LogP contribution in [0.1, 0.15) is 38.5 Å². The van der Waals surface area contributed by atoms with Crippen LogP contribution < -0.4 is 21.0 Å². The molecule has 40 heavy (non-hydrogen) atoms. The number of hydrogen-bond acceptors (Lipinski definition) is 10. The lowest BCUT2D eigenvalue weighted by molar-refractivity contribution is -0.146. The van der Waals surface area contributed by atoms with Gasteiger partial charge in [-0.1, -0.05) is 63.1 Å². The van der Waals surface area contributed by atoms with Crippen molar-refractivity contribution in [2.45, 2.75) is 46.3 Å². The number of rotatable bonds is 13. The van der Waals surface area contributed by atoms with Crippen LogP contribution >= 0.6 is 19.1 Å². The normalized spacial score (nSPS) is 13.7. The number of nitrogens with zero attached hydrogens (tertiary/aromatic N) is 3. The average Bonchev–Trinajstić information content (AvgIpc) is 3.41. The molecule has 13 heteroatoms. The van der Waals surface area contributed by atoms with Crippen molar-refractivity contribution in [2.24, 2.45) is 5.92 Å². The van der Waals surface area contributed by atoms with Gasteiger partial charge in [0.2, 0.25) is 5.95 Å². The largest absolute Gasteiger partial charge is 0.464 e. The Labute approximate surface area is 235 Å². The van der Waals surface area contributed by atoms with Crippen molar-refractivity contribution in [1.82, 2.24) is 19.6 Å². The zero-order chi connectivity index (χ0) is 28.7. The highest BCUT2D eigenvalue weighted by atomic mass is 32.1. The Hall–Kier alpha value is -3.57. The molecule has 0 aliphatic heterocycles. The molecular weight excluding hydrogens is 553 g/mol. The van der Waals surface area contributed by atoms with Crippen LogP contribution in [0, 0.1) is 5.92 Å². The van der Waals surface area contributed by atoms with Crippen LogP contribution in [0.2, 0.25) is 0 Å². The van der Waals surface area contributed by atoms with Crippen LogP contribution in [0.15, 0.2) is 65.7 Å². The summed E-state index contributed by atoms with van der Waals surface area (Å²) in [6.07, 6.45) is 3.05. The predicted octanol–water partition coefficient (Wildman–Crippen LogP) is 5.09. The van der Waals surface area contributed by atoms with E-state index in [9.17, 15) is 14.2 Å². The standard InChI is InChI=1S/C27H32N5O6PS/c1-4-19(5-2)15-36-25(33)18(3)31-39(35,38-23-12-8-10-20-9-6-7-11-22(20)23)37-16-21-13-14-24(40-21)32-17-29-26(28)30-27(32)34/h6-14,17-19H,4-5,15-16H2,1-3H3,(H,31,35)(H2,28,30,34)/t18-,39?/m0/s1. The molecule has 0 spiro atoms. The first-order valence-electron chi connectivity index (χ1n) is 12.9. The van der Waals surface area contributed by atoms with Gasteiger partial charge in [-0.25, -0.2) is 18.9 Å². The van der Waals surface area contributed by atoms with Crippen molar-refractivity contribution < 1.29 is 23.1 Å². The molecule has 4 rings (SSSR count). The SMILES string of the molecule is CCC(CC)COC(=O)[C@H](C)NP(=O)(OCc1ccc(-n2cnc(N)nc2=O)s1)Oc1cccc2ccccc12. The number of nitrogens with one attached hydrogen (secondary N) is 1. The van der Waals surface area contributed by atoms with E-state index in [1.54, 1.807) is 31.2 Å².